The molecule has 2 aromatic heterocycles. The van der Waals surface area contributed by atoms with E-state index in [1.165, 1.54) is 11.3 Å². The molecule has 0 spiro atoms. The fraction of sp³-hybridized carbons (Fsp3) is 0.167. The van der Waals surface area contributed by atoms with Gasteiger partial charge in [0.25, 0.3) is 5.89 Å². The standard InChI is InChI=1S/C6H4BrN3OS/c1-3-9-10-5(11-3)4-2-12-6(7)8-4/h2H,1H3. The van der Waals surface area contributed by atoms with Gasteiger partial charge in [0.1, 0.15) is 5.69 Å². The second-order valence-electron chi connectivity index (χ2n) is 2.11. The van der Waals surface area contributed by atoms with Crippen molar-refractivity contribution in [2.24, 2.45) is 0 Å². The molecule has 0 aliphatic carbocycles. The number of hydrogen-bond donors (Lipinski definition) is 0. The highest BCUT2D eigenvalue weighted by atomic mass is 79.9. The number of thiazole rings is 1. The van der Waals surface area contributed by atoms with E-state index in [0.29, 0.717) is 17.5 Å². The minimum atomic E-state index is 0.467. The fourth-order valence-corrected chi connectivity index (χ4v) is 1.74. The zero-order valence-corrected chi connectivity index (χ0v) is 8.52. The van der Waals surface area contributed by atoms with Crippen LogP contribution < -0.4 is 0 Å². The maximum atomic E-state index is 5.18. The second kappa shape index (κ2) is 2.95. The summed E-state index contributed by atoms with van der Waals surface area (Å²) < 4.78 is 6.00. The van der Waals surface area contributed by atoms with E-state index in [0.717, 1.165) is 3.92 Å². The van der Waals surface area contributed by atoms with Crippen molar-refractivity contribution < 1.29 is 4.42 Å². The predicted octanol–water partition coefficient (Wildman–Crippen LogP) is 2.26. The maximum absolute atomic E-state index is 5.18. The van der Waals surface area contributed by atoms with Gasteiger partial charge in [-0.2, -0.15) is 0 Å². The van der Waals surface area contributed by atoms with E-state index in [1.54, 1.807) is 6.92 Å². The first-order valence-corrected chi connectivity index (χ1v) is 4.84. The van der Waals surface area contributed by atoms with E-state index in [9.17, 15) is 0 Å². The Kier molecular flexibility index (Phi) is 1.93. The average molecular weight is 246 g/mol. The highest BCUT2D eigenvalue weighted by Crippen LogP contribution is 2.23. The highest BCUT2D eigenvalue weighted by Gasteiger charge is 2.08. The molecule has 0 saturated carbocycles. The normalized spacial score (nSPS) is 10.5. The molecule has 62 valence electrons. The lowest BCUT2D eigenvalue weighted by molar-refractivity contribution is 0.531. The first-order chi connectivity index (χ1) is 5.75. The summed E-state index contributed by atoms with van der Waals surface area (Å²) in [6, 6.07) is 0. The predicted molar refractivity (Wildman–Crippen MR) is 47.8 cm³/mol. The summed E-state index contributed by atoms with van der Waals surface area (Å²) in [4.78, 5) is 4.13. The van der Waals surface area contributed by atoms with Crippen molar-refractivity contribution in [3.8, 4) is 11.6 Å². The van der Waals surface area contributed by atoms with Crippen molar-refractivity contribution in [3.05, 3.63) is 15.2 Å². The third kappa shape index (κ3) is 1.39. The summed E-state index contributed by atoms with van der Waals surface area (Å²) in [5, 5.41) is 9.40. The first kappa shape index (κ1) is 7.88. The molecule has 0 radical (unpaired) electrons. The van der Waals surface area contributed by atoms with Gasteiger partial charge in [0.2, 0.25) is 5.89 Å². The molecular formula is C6H4BrN3OS. The Morgan fingerprint density at radius 2 is 2.33 bits per heavy atom. The van der Waals surface area contributed by atoms with Crippen LogP contribution in [0.15, 0.2) is 13.7 Å². The zero-order chi connectivity index (χ0) is 8.55. The van der Waals surface area contributed by atoms with E-state index in [4.69, 9.17) is 4.42 Å². The minimum absolute atomic E-state index is 0.467. The molecule has 0 aromatic carbocycles. The van der Waals surface area contributed by atoms with Gasteiger partial charge >= 0.3 is 0 Å². The highest BCUT2D eigenvalue weighted by molar-refractivity contribution is 9.11. The van der Waals surface area contributed by atoms with Gasteiger partial charge in [-0.3, -0.25) is 0 Å². The van der Waals surface area contributed by atoms with Gasteiger partial charge in [-0.1, -0.05) is 0 Å². The van der Waals surface area contributed by atoms with Crippen LogP contribution in [0.5, 0.6) is 0 Å². The van der Waals surface area contributed by atoms with Crippen LogP contribution in [0.2, 0.25) is 0 Å². The third-order valence-corrected chi connectivity index (χ3v) is 2.59. The lowest BCUT2D eigenvalue weighted by atomic mass is 10.5. The minimum Gasteiger partial charge on any atom is -0.420 e. The van der Waals surface area contributed by atoms with Gasteiger partial charge in [-0.05, 0) is 15.9 Å². The van der Waals surface area contributed by atoms with Crippen molar-refractivity contribution in [3.63, 3.8) is 0 Å². The van der Waals surface area contributed by atoms with E-state index < -0.39 is 0 Å². The molecule has 12 heavy (non-hydrogen) atoms. The number of hydrogen-bond acceptors (Lipinski definition) is 5. The molecule has 0 bridgehead atoms. The first-order valence-electron chi connectivity index (χ1n) is 3.17. The summed E-state index contributed by atoms with van der Waals surface area (Å²) in [6.07, 6.45) is 0. The number of halogens is 1. The van der Waals surface area contributed by atoms with Crippen molar-refractivity contribution in [1.82, 2.24) is 15.2 Å². The summed E-state index contributed by atoms with van der Waals surface area (Å²) in [5.41, 5.74) is 0.715. The molecule has 0 fully saturated rings. The molecule has 6 heteroatoms. The third-order valence-electron chi connectivity index (χ3n) is 1.22. The average Bonchev–Trinajstić information content (AvgIpc) is 2.58. The molecule has 0 unspecified atom stereocenters. The van der Waals surface area contributed by atoms with Crippen LogP contribution in [0.1, 0.15) is 5.89 Å². The van der Waals surface area contributed by atoms with Crippen LogP contribution in [0, 0.1) is 6.92 Å². The van der Waals surface area contributed by atoms with Gasteiger partial charge < -0.3 is 4.42 Å². The fourth-order valence-electron chi connectivity index (χ4n) is 0.750. The Morgan fingerprint density at radius 3 is 2.83 bits per heavy atom. The number of rotatable bonds is 1. The Balaban J connectivity index is 2.43. The summed E-state index contributed by atoms with van der Waals surface area (Å²) in [6.45, 7) is 1.75. The summed E-state index contributed by atoms with van der Waals surface area (Å²) in [7, 11) is 0. The summed E-state index contributed by atoms with van der Waals surface area (Å²) in [5.74, 6) is 1.02. The SMILES string of the molecule is Cc1nnc(-c2csc(Br)n2)o1. The molecule has 0 amide bonds. The molecule has 0 aliphatic rings. The maximum Gasteiger partial charge on any atom is 0.267 e. The lowest BCUT2D eigenvalue weighted by Crippen LogP contribution is -1.76. The Morgan fingerprint density at radius 1 is 1.50 bits per heavy atom. The smallest absolute Gasteiger partial charge is 0.267 e. The van der Waals surface area contributed by atoms with Gasteiger partial charge in [0.15, 0.2) is 3.92 Å². The van der Waals surface area contributed by atoms with E-state index in [2.05, 4.69) is 31.1 Å². The van der Waals surface area contributed by atoms with E-state index in [1.807, 2.05) is 5.38 Å². The monoisotopic (exact) mass is 245 g/mol. The van der Waals surface area contributed by atoms with Gasteiger partial charge in [-0.15, -0.1) is 21.5 Å². The topological polar surface area (TPSA) is 51.8 Å². The number of aryl methyl sites for hydroxylation is 1. The second-order valence-corrected chi connectivity index (χ2v) is 4.25. The molecule has 0 N–H and O–H groups in total. The van der Waals surface area contributed by atoms with Crippen molar-refractivity contribution in [2.45, 2.75) is 6.92 Å². The Hall–Kier alpha value is -0.750. The number of aromatic nitrogens is 3. The van der Waals surface area contributed by atoms with E-state index in [-0.39, 0.29) is 0 Å². The molecule has 4 nitrogen and oxygen atoms in total. The van der Waals surface area contributed by atoms with Crippen molar-refractivity contribution in [2.75, 3.05) is 0 Å². The van der Waals surface area contributed by atoms with Crippen LogP contribution in [-0.2, 0) is 0 Å². The molecule has 2 heterocycles. The Labute approximate surface area is 80.8 Å². The molecular weight excluding hydrogens is 242 g/mol. The largest absolute Gasteiger partial charge is 0.420 e. The molecule has 2 aromatic rings. The van der Waals surface area contributed by atoms with Crippen LogP contribution in [0.4, 0.5) is 0 Å². The van der Waals surface area contributed by atoms with Gasteiger partial charge in [0, 0.05) is 12.3 Å². The summed E-state index contributed by atoms with van der Waals surface area (Å²) >= 11 is 4.74. The molecule has 0 atom stereocenters. The van der Waals surface area contributed by atoms with E-state index >= 15 is 0 Å². The molecule has 0 saturated heterocycles. The molecule has 0 aliphatic heterocycles. The van der Waals surface area contributed by atoms with Crippen LogP contribution in [-0.4, -0.2) is 15.2 Å². The number of nitrogens with zero attached hydrogens (tertiary/aromatic N) is 3. The van der Waals surface area contributed by atoms with Crippen LogP contribution in [0.25, 0.3) is 11.6 Å². The zero-order valence-electron chi connectivity index (χ0n) is 6.11. The van der Waals surface area contributed by atoms with Gasteiger partial charge in [-0.25, -0.2) is 4.98 Å². The van der Waals surface area contributed by atoms with Crippen molar-refractivity contribution >= 4 is 27.3 Å². The molecule has 2 rings (SSSR count). The van der Waals surface area contributed by atoms with Crippen LogP contribution in [0.3, 0.4) is 0 Å². The van der Waals surface area contributed by atoms with Crippen LogP contribution >= 0.6 is 27.3 Å². The quantitative estimate of drug-likeness (QED) is 0.774. The Bertz CT molecular complexity index is 359. The van der Waals surface area contributed by atoms with Crippen molar-refractivity contribution in [1.29, 1.82) is 0 Å². The van der Waals surface area contributed by atoms with Gasteiger partial charge in [0.05, 0.1) is 0 Å². The lowest BCUT2D eigenvalue weighted by Gasteiger charge is -1.82.